The summed E-state index contributed by atoms with van der Waals surface area (Å²) in [4.78, 5) is 0. The molecule has 0 nitrogen and oxygen atoms in total. The first-order valence-electron chi connectivity index (χ1n) is 11.7. The van der Waals surface area contributed by atoms with Crippen molar-refractivity contribution < 1.29 is 4.39 Å². The van der Waals surface area contributed by atoms with Crippen LogP contribution in [0.15, 0.2) is 72.8 Å². The first kappa shape index (κ1) is 22.1. The summed E-state index contributed by atoms with van der Waals surface area (Å²) in [6.45, 7) is 2.38. The van der Waals surface area contributed by atoms with E-state index in [-0.39, 0.29) is 10.8 Å². The second-order valence-electron chi connectivity index (χ2n) is 9.30. The normalized spacial score (nSPS) is 19.8. The third-order valence-corrected chi connectivity index (χ3v) is 7.38. The molecule has 0 radical (unpaired) electrons. The van der Waals surface area contributed by atoms with Crippen molar-refractivity contribution in [3.8, 4) is 11.1 Å². The number of hydrogen-bond donors (Lipinski definition) is 0. The Morgan fingerprint density at radius 1 is 0.839 bits per heavy atom. The van der Waals surface area contributed by atoms with E-state index in [1.807, 2.05) is 6.07 Å². The minimum Gasteiger partial charge on any atom is -0.205 e. The molecule has 0 unspecified atom stereocenters. The van der Waals surface area contributed by atoms with Crippen LogP contribution in [0.3, 0.4) is 0 Å². The molecule has 162 valence electrons. The highest BCUT2D eigenvalue weighted by molar-refractivity contribution is 6.30. The molecule has 31 heavy (non-hydrogen) atoms. The van der Waals surface area contributed by atoms with Gasteiger partial charge >= 0.3 is 0 Å². The maximum absolute atomic E-state index is 13.7. The Morgan fingerprint density at radius 2 is 1.48 bits per heavy atom. The Morgan fingerprint density at radius 3 is 2.16 bits per heavy atom. The van der Waals surface area contributed by atoms with Crippen molar-refractivity contribution in [3.05, 3.63) is 94.8 Å². The standard InChI is InChI=1S/C29H32ClF/c1-21(25-5-3-2-4-6-25)19-24-11-9-22(10-12-24)7-8-23-13-15-26(16-14-23)27-17-18-28(30)29(31)20-27/h2-6,13-18,20-22,24H,7-12,19H2,1H3/t21-,22?,24?/m1/s1. The fraction of sp³-hybridized carbons (Fsp3) is 0.379. The summed E-state index contributed by atoms with van der Waals surface area (Å²) >= 11 is 5.80. The van der Waals surface area contributed by atoms with Gasteiger partial charge in [0.25, 0.3) is 0 Å². The number of aryl methyl sites for hydroxylation is 1. The highest BCUT2D eigenvalue weighted by Gasteiger charge is 2.23. The first-order valence-corrected chi connectivity index (χ1v) is 12.1. The van der Waals surface area contributed by atoms with Gasteiger partial charge in [-0.25, -0.2) is 4.39 Å². The average molecular weight is 435 g/mol. The zero-order chi connectivity index (χ0) is 21.6. The van der Waals surface area contributed by atoms with Crippen LogP contribution in [0.25, 0.3) is 11.1 Å². The average Bonchev–Trinajstić information content (AvgIpc) is 2.81. The van der Waals surface area contributed by atoms with Gasteiger partial charge in [-0.1, -0.05) is 105 Å². The smallest absolute Gasteiger partial charge is 0.142 e. The molecule has 3 aromatic carbocycles. The highest BCUT2D eigenvalue weighted by atomic mass is 35.5. The summed E-state index contributed by atoms with van der Waals surface area (Å²) in [6.07, 6.45) is 9.22. The molecular formula is C29H32ClF. The van der Waals surface area contributed by atoms with Gasteiger partial charge in [0.15, 0.2) is 0 Å². The topological polar surface area (TPSA) is 0 Å². The minimum atomic E-state index is -0.364. The molecule has 0 heterocycles. The van der Waals surface area contributed by atoms with Crippen LogP contribution in [0, 0.1) is 17.7 Å². The molecule has 1 aliphatic carbocycles. The van der Waals surface area contributed by atoms with Gasteiger partial charge < -0.3 is 0 Å². The van der Waals surface area contributed by atoms with Crippen molar-refractivity contribution in [2.45, 2.75) is 57.8 Å². The predicted octanol–water partition coefficient (Wildman–Crippen LogP) is 9.08. The molecule has 1 aliphatic rings. The molecule has 1 fully saturated rings. The maximum atomic E-state index is 13.7. The van der Waals surface area contributed by atoms with Crippen LogP contribution in [-0.2, 0) is 6.42 Å². The summed E-state index contributed by atoms with van der Waals surface area (Å²) in [5.74, 6) is 2.03. The van der Waals surface area contributed by atoms with Gasteiger partial charge in [-0.15, -0.1) is 0 Å². The van der Waals surface area contributed by atoms with E-state index in [9.17, 15) is 4.39 Å². The molecule has 0 saturated heterocycles. The summed E-state index contributed by atoms with van der Waals surface area (Å²) in [5.41, 5.74) is 4.76. The van der Waals surface area contributed by atoms with Gasteiger partial charge in [-0.3, -0.25) is 0 Å². The molecule has 0 amide bonds. The monoisotopic (exact) mass is 434 g/mol. The lowest BCUT2D eigenvalue weighted by Gasteiger charge is -2.30. The van der Waals surface area contributed by atoms with Gasteiger partial charge in [0, 0.05) is 0 Å². The zero-order valence-corrected chi connectivity index (χ0v) is 19.1. The molecule has 0 aromatic heterocycles. The third kappa shape index (κ3) is 5.98. The van der Waals surface area contributed by atoms with E-state index in [4.69, 9.17) is 11.6 Å². The minimum absolute atomic E-state index is 0.171. The SMILES string of the molecule is C[C@H](CC1CCC(CCc2ccc(-c3ccc(Cl)c(F)c3)cc2)CC1)c1ccccc1. The molecule has 1 saturated carbocycles. The second-order valence-corrected chi connectivity index (χ2v) is 9.71. The lowest BCUT2D eigenvalue weighted by atomic mass is 9.75. The van der Waals surface area contributed by atoms with Crippen LogP contribution in [-0.4, -0.2) is 0 Å². The molecule has 0 N–H and O–H groups in total. The van der Waals surface area contributed by atoms with Crippen molar-refractivity contribution in [1.82, 2.24) is 0 Å². The molecule has 4 rings (SSSR count). The van der Waals surface area contributed by atoms with E-state index in [2.05, 4.69) is 61.5 Å². The lowest BCUT2D eigenvalue weighted by molar-refractivity contribution is 0.245. The van der Waals surface area contributed by atoms with Crippen LogP contribution >= 0.6 is 11.6 Å². The molecule has 0 spiro atoms. The summed E-state index contributed by atoms with van der Waals surface area (Å²) < 4.78 is 13.7. The van der Waals surface area contributed by atoms with E-state index >= 15 is 0 Å². The summed E-state index contributed by atoms with van der Waals surface area (Å²) in [5, 5.41) is 0.171. The third-order valence-electron chi connectivity index (χ3n) is 7.07. The molecule has 0 bridgehead atoms. The Bertz CT molecular complexity index is 956. The van der Waals surface area contributed by atoms with Crippen LogP contribution in [0.2, 0.25) is 5.02 Å². The fourth-order valence-corrected chi connectivity index (χ4v) is 5.20. The van der Waals surface area contributed by atoms with Crippen molar-refractivity contribution in [1.29, 1.82) is 0 Å². The van der Waals surface area contributed by atoms with Crippen molar-refractivity contribution in [2.75, 3.05) is 0 Å². The molecule has 3 aromatic rings. The zero-order valence-electron chi connectivity index (χ0n) is 18.4. The molecule has 0 aliphatic heterocycles. The van der Waals surface area contributed by atoms with Crippen LogP contribution in [0.4, 0.5) is 4.39 Å². The van der Waals surface area contributed by atoms with Crippen molar-refractivity contribution >= 4 is 11.6 Å². The van der Waals surface area contributed by atoms with Crippen molar-refractivity contribution in [3.63, 3.8) is 0 Å². The second kappa shape index (κ2) is 10.5. The Balaban J connectivity index is 1.23. The quantitative estimate of drug-likeness (QED) is 0.347. The Hall–Kier alpha value is -2.12. The molecule has 1 atom stereocenters. The van der Waals surface area contributed by atoms with Crippen LogP contribution in [0.5, 0.6) is 0 Å². The number of hydrogen-bond acceptors (Lipinski definition) is 0. The van der Waals surface area contributed by atoms with Gasteiger partial charge in [0.05, 0.1) is 5.02 Å². The maximum Gasteiger partial charge on any atom is 0.142 e. The Kier molecular flexibility index (Phi) is 7.45. The van der Waals surface area contributed by atoms with Gasteiger partial charge in [0.2, 0.25) is 0 Å². The summed E-state index contributed by atoms with van der Waals surface area (Å²) in [6, 6.07) is 24.5. The number of halogens is 2. The van der Waals surface area contributed by atoms with E-state index in [1.165, 1.54) is 55.7 Å². The summed E-state index contributed by atoms with van der Waals surface area (Å²) in [7, 11) is 0. The van der Waals surface area contributed by atoms with Gasteiger partial charge in [-0.05, 0) is 71.4 Å². The van der Waals surface area contributed by atoms with Crippen LogP contribution in [0.1, 0.15) is 62.5 Å². The highest BCUT2D eigenvalue weighted by Crippen LogP contribution is 2.37. The molecular weight excluding hydrogens is 403 g/mol. The van der Waals surface area contributed by atoms with E-state index in [0.717, 1.165) is 29.4 Å². The van der Waals surface area contributed by atoms with Crippen molar-refractivity contribution in [2.24, 2.45) is 11.8 Å². The first-order chi connectivity index (χ1) is 15.1. The van der Waals surface area contributed by atoms with E-state index in [1.54, 1.807) is 6.07 Å². The van der Waals surface area contributed by atoms with E-state index in [0.29, 0.717) is 5.92 Å². The largest absolute Gasteiger partial charge is 0.205 e. The number of benzene rings is 3. The van der Waals surface area contributed by atoms with Gasteiger partial charge in [-0.2, -0.15) is 0 Å². The van der Waals surface area contributed by atoms with E-state index < -0.39 is 0 Å². The van der Waals surface area contributed by atoms with Gasteiger partial charge in [0.1, 0.15) is 5.82 Å². The number of rotatable bonds is 7. The van der Waals surface area contributed by atoms with Crippen LogP contribution < -0.4 is 0 Å². The predicted molar refractivity (Wildman–Crippen MR) is 130 cm³/mol. The Labute approximate surface area is 191 Å². The lowest BCUT2D eigenvalue weighted by Crippen LogP contribution is -2.16. The fourth-order valence-electron chi connectivity index (χ4n) is 5.08. The molecule has 2 heteroatoms.